The van der Waals surface area contributed by atoms with E-state index in [1.54, 1.807) is 0 Å². The van der Waals surface area contributed by atoms with Crippen LogP contribution < -0.4 is 4.57 Å². The molecular formula is C9H8N2S2. The second-order valence-electron chi connectivity index (χ2n) is 2.75. The number of aryl methyl sites for hydroxylation is 1. The summed E-state index contributed by atoms with van der Waals surface area (Å²) in [5, 5.41) is 1.98. The van der Waals surface area contributed by atoms with Crippen molar-refractivity contribution < 1.29 is 4.57 Å². The summed E-state index contributed by atoms with van der Waals surface area (Å²) in [6.07, 6.45) is 4.00. The molecule has 66 valence electrons. The average Bonchev–Trinajstić information content (AvgIpc) is 2.53. The molecule has 0 bridgehead atoms. The maximum Gasteiger partial charge on any atom is 0.169 e. The Hall–Kier alpha value is -1.00. The van der Waals surface area contributed by atoms with Crippen molar-refractivity contribution in [2.45, 2.75) is 4.34 Å². The van der Waals surface area contributed by atoms with Gasteiger partial charge in [-0.15, -0.1) is 0 Å². The maximum atomic E-state index is 4.96. The first-order chi connectivity index (χ1) is 6.25. The first-order valence-electron chi connectivity index (χ1n) is 3.84. The fourth-order valence-corrected chi connectivity index (χ4v) is 1.86. The number of hydrogen-bond acceptors (Lipinski definition) is 3. The van der Waals surface area contributed by atoms with Crippen molar-refractivity contribution in [1.82, 2.24) is 4.98 Å². The van der Waals surface area contributed by atoms with E-state index < -0.39 is 0 Å². The van der Waals surface area contributed by atoms with Crippen LogP contribution in [0, 0.1) is 0 Å². The van der Waals surface area contributed by atoms with Crippen LogP contribution in [0.5, 0.6) is 0 Å². The SMILES string of the molecule is C[n+]1ccc(-c2csc([S-])n2)cc1. The molecule has 2 aromatic rings. The molecule has 0 amide bonds. The summed E-state index contributed by atoms with van der Waals surface area (Å²) in [6, 6.07) is 4.06. The lowest BCUT2D eigenvalue weighted by molar-refractivity contribution is -0.671. The quantitative estimate of drug-likeness (QED) is 0.522. The zero-order valence-electron chi connectivity index (χ0n) is 7.10. The summed E-state index contributed by atoms with van der Waals surface area (Å²) in [4.78, 5) is 4.23. The van der Waals surface area contributed by atoms with Gasteiger partial charge in [-0.2, -0.15) is 0 Å². The predicted octanol–water partition coefficient (Wildman–Crippen LogP) is 1.54. The number of hydrogen-bond donors (Lipinski definition) is 0. The van der Waals surface area contributed by atoms with Crippen LogP contribution in [0.15, 0.2) is 34.2 Å². The summed E-state index contributed by atoms with van der Waals surface area (Å²) >= 11 is 6.46. The van der Waals surface area contributed by atoms with E-state index in [0.717, 1.165) is 11.3 Å². The van der Waals surface area contributed by atoms with Crippen molar-refractivity contribution in [2.24, 2.45) is 7.05 Å². The summed E-state index contributed by atoms with van der Waals surface area (Å²) < 4.78 is 2.69. The number of aromatic nitrogens is 2. The highest BCUT2D eigenvalue weighted by Crippen LogP contribution is 2.19. The van der Waals surface area contributed by atoms with Gasteiger partial charge in [0, 0.05) is 17.7 Å². The second kappa shape index (κ2) is 3.40. The molecule has 0 saturated carbocycles. The normalized spacial score (nSPS) is 10.2. The number of nitrogens with zero attached hydrogens (tertiary/aromatic N) is 2. The van der Waals surface area contributed by atoms with Gasteiger partial charge in [-0.25, -0.2) is 4.57 Å². The standard InChI is InChI=1S/C9H8N2S2/c1-11-4-2-7(3-5-11)8-6-13-9(12)10-8/h2-6H,1H3. The third-order valence-corrected chi connectivity index (χ3v) is 2.77. The van der Waals surface area contributed by atoms with E-state index in [-0.39, 0.29) is 0 Å². The molecule has 2 nitrogen and oxygen atoms in total. The highest BCUT2D eigenvalue weighted by Gasteiger charge is 1.99. The van der Waals surface area contributed by atoms with Gasteiger partial charge in [0.15, 0.2) is 12.4 Å². The molecule has 2 aromatic heterocycles. The molecular weight excluding hydrogens is 200 g/mol. The largest absolute Gasteiger partial charge is 0.408 e. The molecule has 0 atom stereocenters. The van der Waals surface area contributed by atoms with E-state index in [4.69, 9.17) is 12.6 Å². The molecule has 0 unspecified atom stereocenters. The third kappa shape index (κ3) is 1.84. The van der Waals surface area contributed by atoms with Crippen LogP contribution in [0.4, 0.5) is 0 Å². The molecule has 4 heteroatoms. The van der Waals surface area contributed by atoms with Crippen molar-refractivity contribution in [1.29, 1.82) is 0 Å². The van der Waals surface area contributed by atoms with Gasteiger partial charge in [-0.3, -0.25) is 4.98 Å². The van der Waals surface area contributed by atoms with Crippen molar-refractivity contribution >= 4 is 24.0 Å². The van der Waals surface area contributed by atoms with E-state index in [1.165, 1.54) is 11.3 Å². The molecule has 0 spiro atoms. The molecule has 0 aromatic carbocycles. The number of pyridine rings is 1. The summed E-state index contributed by atoms with van der Waals surface area (Å²) in [6.45, 7) is 0. The predicted molar refractivity (Wildman–Crippen MR) is 54.4 cm³/mol. The van der Waals surface area contributed by atoms with Crippen LogP contribution in [-0.4, -0.2) is 4.98 Å². The molecule has 0 fully saturated rings. The van der Waals surface area contributed by atoms with Crippen LogP contribution in [0.1, 0.15) is 0 Å². The zero-order chi connectivity index (χ0) is 9.26. The Morgan fingerprint density at radius 3 is 2.62 bits per heavy atom. The molecule has 0 aliphatic rings. The first-order valence-corrected chi connectivity index (χ1v) is 5.13. The van der Waals surface area contributed by atoms with Gasteiger partial charge in [-0.05, 0) is 4.34 Å². The monoisotopic (exact) mass is 208 g/mol. The van der Waals surface area contributed by atoms with E-state index in [9.17, 15) is 0 Å². The van der Waals surface area contributed by atoms with Crippen molar-refractivity contribution in [2.75, 3.05) is 0 Å². The van der Waals surface area contributed by atoms with Gasteiger partial charge >= 0.3 is 0 Å². The highest BCUT2D eigenvalue weighted by atomic mass is 32.2. The summed E-state index contributed by atoms with van der Waals surface area (Å²) in [7, 11) is 1.99. The van der Waals surface area contributed by atoms with E-state index in [2.05, 4.69) is 4.98 Å². The van der Waals surface area contributed by atoms with Crippen LogP contribution in [0.25, 0.3) is 11.3 Å². The van der Waals surface area contributed by atoms with Crippen molar-refractivity contribution in [3.05, 3.63) is 29.9 Å². The van der Waals surface area contributed by atoms with Gasteiger partial charge in [0.05, 0.1) is 5.69 Å². The number of thiazole rings is 1. The lowest BCUT2D eigenvalue weighted by Crippen LogP contribution is -2.25. The third-order valence-electron chi connectivity index (χ3n) is 1.76. The molecule has 13 heavy (non-hydrogen) atoms. The smallest absolute Gasteiger partial charge is 0.169 e. The topological polar surface area (TPSA) is 16.8 Å². The van der Waals surface area contributed by atoms with E-state index in [0.29, 0.717) is 4.34 Å². The van der Waals surface area contributed by atoms with Gasteiger partial charge in [0.2, 0.25) is 0 Å². The number of rotatable bonds is 1. The van der Waals surface area contributed by atoms with Crippen molar-refractivity contribution in [3.63, 3.8) is 0 Å². The Labute approximate surface area is 86.3 Å². The van der Waals surface area contributed by atoms with Gasteiger partial charge in [0.25, 0.3) is 0 Å². The first kappa shape index (κ1) is 8.59. The van der Waals surface area contributed by atoms with Crippen LogP contribution in [0.3, 0.4) is 0 Å². The van der Waals surface area contributed by atoms with E-state index in [1.807, 2.05) is 41.5 Å². The Bertz CT molecular complexity index is 406. The van der Waals surface area contributed by atoms with Crippen molar-refractivity contribution in [3.8, 4) is 11.3 Å². The molecule has 2 rings (SSSR count). The van der Waals surface area contributed by atoms with Crippen LogP contribution in [-0.2, 0) is 19.7 Å². The lowest BCUT2D eigenvalue weighted by atomic mass is 10.2. The fourth-order valence-electron chi connectivity index (χ4n) is 1.06. The molecule has 0 saturated heterocycles. The zero-order valence-corrected chi connectivity index (χ0v) is 8.73. The molecule has 0 N–H and O–H groups in total. The molecule has 0 radical (unpaired) electrons. The Morgan fingerprint density at radius 2 is 2.08 bits per heavy atom. The second-order valence-corrected chi connectivity index (χ2v) is 4.25. The van der Waals surface area contributed by atoms with Crippen LogP contribution in [0.2, 0.25) is 0 Å². The highest BCUT2D eigenvalue weighted by molar-refractivity contribution is 7.62. The Kier molecular flexibility index (Phi) is 2.24. The average molecular weight is 208 g/mol. The Balaban J connectivity index is 2.41. The van der Waals surface area contributed by atoms with E-state index >= 15 is 0 Å². The summed E-state index contributed by atoms with van der Waals surface area (Å²) in [5.41, 5.74) is 2.08. The van der Waals surface area contributed by atoms with Crippen LogP contribution >= 0.6 is 11.3 Å². The minimum absolute atomic E-state index is 0.697. The lowest BCUT2D eigenvalue weighted by Gasteiger charge is -1.94. The van der Waals surface area contributed by atoms with Gasteiger partial charge in [-0.1, -0.05) is 5.38 Å². The molecule has 0 aliphatic carbocycles. The Morgan fingerprint density at radius 1 is 1.38 bits per heavy atom. The minimum Gasteiger partial charge on any atom is -0.408 e. The maximum absolute atomic E-state index is 4.96. The van der Waals surface area contributed by atoms with Gasteiger partial charge in [0.1, 0.15) is 7.05 Å². The fraction of sp³-hybridized carbons (Fsp3) is 0.111. The molecule has 2 heterocycles. The summed E-state index contributed by atoms with van der Waals surface area (Å²) in [5.74, 6) is 0. The van der Waals surface area contributed by atoms with Gasteiger partial charge < -0.3 is 24.0 Å². The molecule has 0 aliphatic heterocycles. The minimum atomic E-state index is 0.697.